The molecule has 4 nitrogen and oxygen atoms in total. The van der Waals surface area contributed by atoms with E-state index in [1.165, 1.54) is 0 Å². The largest absolute Gasteiger partial charge is 0.385 e. The monoisotopic (exact) mass is 299 g/mol. The van der Waals surface area contributed by atoms with Gasteiger partial charge in [-0.1, -0.05) is 15.9 Å². The summed E-state index contributed by atoms with van der Waals surface area (Å²) in [6, 6.07) is 0. The van der Waals surface area contributed by atoms with E-state index in [9.17, 15) is 8.42 Å². The number of ether oxygens (including phenoxy) is 1. The van der Waals surface area contributed by atoms with Crippen molar-refractivity contribution < 1.29 is 13.2 Å². The van der Waals surface area contributed by atoms with Crippen LogP contribution < -0.4 is 0 Å². The van der Waals surface area contributed by atoms with E-state index in [1.807, 2.05) is 0 Å². The van der Waals surface area contributed by atoms with E-state index in [2.05, 4.69) is 15.9 Å². The molecule has 1 rings (SSSR count). The lowest BCUT2D eigenvalue weighted by Crippen LogP contribution is -2.31. The Kier molecular flexibility index (Phi) is 5.52. The smallest absolute Gasteiger partial charge is 0.214 e. The fourth-order valence-corrected chi connectivity index (χ4v) is 3.78. The van der Waals surface area contributed by atoms with E-state index in [0.717, 1.165) is 11.8 Å². The minimum Gasteiger partial charge on any atom is -0.385 e. The highest BCUT2D eigenvalue weighted by Crippen LogP contribution is 2.21. The molecular formula is C9H18BrNO3S. The van der Waals surface area contributed by atoms with Gasteiger partial charge in [-0.3, -0.25) is 0 Å². The number of nitrogens with zero attached hydrogens (tertiary/aromatic N) is 1. The Labute approximate surface area is 100 Å². The lowest BCUT2D eigenvalue weighted by atomic mass is 10.2. The molecule has 1 saturated heterocycles. The molecule has 0 radical (unpaired) electrons. The molecule has 1 unspecified atom stereocenters. The van der Waals surface area contributed by atoms with Crippen molar-refractivity contribution in [1.82, 2.24) is 4.31 Å². The quantitative estimate of drug-likeness (QED) is 0.544. The van der Waals surface area contributed by atoms with Crippen LogP contribution in [0.2, 0.25) is 0 Å². The summed E-state index contributed by atoms with van der Waals surface area (Å²) in [6.45, 7) is 1.85. The van der Waals surface area contributed by atoms with Crippen LogP contribution in [0.1, 0.15) is 12.8 Å². The Balaban J connectivity index is 2.41. The van der Waals surface area contributed by atoms with E-state index in [4.69, 9.17) is 4.74 Å². The maximum atomic E-state index is 11.8. The van der Waals surface area contributed by atoms with Crippen LogP contribution in [0.4, 0.5) is 0 Å². The molecule has 0 aromatic carbocycles. The van der Waals surface area contributed by atoms with Gasteiger partial charge in [-0.05, 0) is 18.8 Å². The van der Waals surface area contributed by atoms with Crippen LogP contribution in [0.3, 0.4) is 0 Å². The van der Waals surface area contributed by atoms with Gasteiger partial charge in [0, 0.05) is 32.1 Å². The first-order chi connectivity index (χ1) is 7.10. The minimum atomic E-state index is -3.04. The Bertz CT molecular complexity index is 281. The van der Waals surface area contributed by atoms with Crippen LogP contribution in [0, 0.1) is 5.92 Å². The highest BCUT2D eigenvalue weighted by Gasteiger charge is 2.30. The van der Waals surface area contributed by atoms with Crippen molar-refractivity contribution in [2.45, 2.75) is 12.8 Å². The number of halogens is 1. The SMILES string of the molecule is COCCCS(=O)(=O)N1CCC(CBr)C1. The van der Waals surface area contributed by atoms with Crippen LogP contribution in [0.15, 0.2) is 0 Å². The third-order valence-electron chi connectivity index (χ3n) is 2.61. The van der Waals surface area contributed by atoms with Gasteiger partial charge in [-0.15, -0.1) is 0 Å². The minimum absolute atomic E-state index is 0.204. The van der Waals surface area contributed by atoms with E-state index in [-0.39, 0.29) is 5.75 Å². The van der Waals surface area contributed by atoms with Gasteiger partial charge < -0.3 is 4.74 Å². The van der Waals surface area contributed by atoms with Crippen molar-refractivity contribution in [3.05, 3.63) is 0 Å². The Morgan fingerprint density at radius 1 is 1.53 bits per heavy atom. The molecule has 1 aliphatic heterocycles. The van der Waals surface area contributed by atoms with E-state index < -0.39 is 10.0 Å². The summed E-state index contributed by atoms with van der Waals surface area (Å²) in [7, 11) is -1.46. The first kappa shape index (κ1) is 13.4. The summed E-state index contributed by atoms with van der Waals surface area (Å²) in [4.78, 5) is 0. The summed E-state index contributed by atoms with van der Waals surface area (Å²) in [5, 5.41) is 0.886. The standard InChI is InChI=1S/C9H18BrNO3S/c1-14-5-2-6-15(12,13)11-4-3-9(7-10)8-11/h9H,2-8H2,1H3. The average Bonchev–Trinajstić information content (AvgIpc) is 2.66. The lowest BCUT2D eigenvalue weighted by molar-refractivity contribution is 0.199. The van der Waals surface area contributed by atoms with Gasteiger partial charge in [0.1, 0.15) is 0 Å². The first-order valence-corrected chi connectivity index (χ1v) is 7.86. The Morgan fingerprint density at radius 2 is 2.27 bits per heavy atom. The third-order valence-corrected chi connectivity index (χ3v) is 5.45. The molecule has 0 N–H and O–H groups in total. The number of sulfonamides is 1. The average molecular weight is 300 g/mol. The van der Waals surface area contributed by atoms with Gasteiger partial charge >= 0.3 is 0 Å². The van der Waals surface area contributed by atoms with Crippen molar-refractivity contribution in [2.24, 2.45) is 5.92 Å². The van der Waals surface area contributed by atoms with Crippen LogP contribution in [0.5, 0.6) is 0 Å². The summed E-state index contributed by atoms with van der Waals surface area (Å²) in [5.74, 6) is 0.678. The third kappa shape index (κ3) is 4.01. The van der Waals surface area contributed by atoms with Gasteiger partial charge in [-0.2, -0.15) is 0 Å². The molecular weight excluding hydrogens is 282 g/mol. The van der Waals surface area contributed by atoms with Crippen molar-refractivity contribution in [2.75, 3.05) is 37.9 Å². The summed E-state index contributed by atoms with van der Waals surface area (Å²) in [6.07, 6.45) is 1.54. The van der Waals surface area contributed by atoms with Crippen molar-refractivity contribution in [3.8, 4) is 0 Å². The number of alkyl halides is 1. The number of hydrogen-bond donors (Lipinski definition) is 0. The van der Waals surface area contributed by atoms with E-state index >= 15 is 0 Å². The van der Waals surface area contributed by atoms with Gasteiger partial charge in [0.2, 0.25) is 10.0 Å². The second-order valence-electron chi connectivity index (χ2n) is 3.83. The van der Waals surface area contributed by atoms with Crippen LogP contribution in [-0.4, -0.2) is 50.6 Å². The van der Waals surface area contributed by atoms with Crippen LogP contribution >= 0.6 is 15.9 Å². The van der Waals surface area contributed by atoms with Gasteiger partial charge in [-0.25, -0.2) is 12.7 Å². The molecule has 0 bridgehead atoms. The molecule has 1 aliphatic rings. The molecule has 90 valence electrons. The molecule has 0 aliphatic carbocycles. The zero-order chi connectivity index (χ0) is 11.3. The molecule has 0 spiro atoms. The molecule has 0 aromatic heterocycles. The molecule has 0 aromatic rings. The molecule has 6 heteroatoms. The Morgan fingerprint density at radius 3 is 2.80 bits per heavy atom. The maximum absolute atomic E-state index is 11.8. The number of rotatable bonds is 6. The predicted molar refractivity (Wildman–Crippen MR) is 63.8 cm³/mol. The van der Waals surface area contributed by atoms with Crippen molar-refractivity contribution in [1.29, 1.82) is 0 Å². The summed E-state index contributed by atoms with van der Waals surface area (Å²) < 4.78 is 30.1. The van der Waals surface area contributed by atoms with Gasteiger partial charge in [0.05, 0.1) is 5.75 Å². The molecule has 15 heavy (non-hydrogen) atoms. The molecule has 1 heterocycles. The zero-order valence-electron chi connectivity index (χ0n) is 8.99. The van der Waals surface area contributed by atoms with E-state index in [0.29, 0.717) is 32.0 Å². The summed E-state index contributed by atoms with van der Waals surface area (Å²) in [5.41, 5.74) is 0. The predicted octanol–water partition coefficient (Wildman–Crippen LogP) is 1.07. The number of hydrogen-bond acceptors (Lipinski definition) is 3. The van der Waals surface area contributed by atoms with Crippen molar-refractivity contribution in [3.63, 3.8) is 0 Å². The van der Waals surface area contributed by atoms with Gasteiger partial charge in [0.15, 0.2) is 0 Å². The van der Waals surface area contributed by atoms with Crippen molar-refractivity contribution >= 4 is 26.0 Å². The van der Waals surface area contributed by atoms with E-state index in [1.54, 1.807) is 11.4 Å². The van der Waals surface area contributed by atoms with Crippen LogP contribution in [-0.2, 0) is 14.8 Å². The zero-order valence-corrected chi connectivity index (χ0v) is 11.4. The first-order valence-electron chi connectivity index (χ1n) is 5.13. The second-order valence-corrected chi connectivity index (χ2v) is 6.57. The fraction of sp³-hybridized carbons (Fsp3) is 1.00. The highest BCUT2D eigenvalue weighted by atomic mass is 79.9. The topological polar surface area (TPSA) is 46.6 Å². The Hall–Kier alpha value is 0.350. The maximum Gasteiger partial charge on any atom is 0.214 e. The normalized spacial score (nSPS) is 23.5. The second kappa shape index (κ2) is 6.18. The van der Waals surface area contributed by atoms with Gasteiger partial charge in [0.25, 0.3) is 0 Å². The fourth-order valence-electron chi connectivity index (χ4n) is 1.69. The van der Waals surface area contributed by atoms with Crippen LogP contribution in [0.25, 0.3) is 0 Å². The lowest BCUT2D eigenvalue weighted by Gasteiger charge is -2.15. The highest BCUT2D eigenvalue weighted by molar-refractivity contribution is 9.09. The number of methoxy groups -OCH3 is 1. The molecule has 1 fully saturated rings. The summed E-state index contributed by atoms with van der Waals surface area (Å²) >= 11 is 3.39. The molecule has 0 amide bonds. The molecule has 1 atom stereocenters. The molecule has 0 saturated carbocycles.